The molecule has 41 heavy (non-hydrogen) atoms. The van der Waals surface area contributed by atoms with E-state index in [-0.39, 0.29) is 5.56 Å². The van der Waals surface area contributed by atoms with Gasteiger partial charge in [0.15, 0.2) is 0 Å². The molecule has 0 spiro atoms. The standard InChI is InChI=1S/C33H35ClN6O/c1-5-39(6-2)18-16-23-10-13-26(14-11-23)37-33-36-21-25-19-29(32(41)40(7-3)31(25)38-33)28-15-12-24(20-30(28)34)27-9-8-17-35-22(27)4/h8-15,17,19-21H,5-7,16,18H2,1-4H3,(H,36,37,38). The van der Waals surface area contributed by atoms with E-state index in [4.69, 9.17) is 16.6 Å². The first-order chi connectivity index (χ1) is 19.9. The van der Waals surface area contributed by atoms with Crippen LogP contribution in [0.4, 0.5) is 11.6 Å². The Bertz CT molecular complexity index is 1730. The molecule has 7 nitrogen and oxygen atoms in total. The van der Waals surface area contributed by atoms with E-state index < -0.39 is 0 Å². The second kappa shape index (κ2) is 12.6. The van der Waals surface area contributed by atoms with Crippen molar-refractivity contribution in [1.29, 1.82) is 0 Å². The Balaban J connectivity index is 1.42. The molecular formula is C33H35ClN6O. The van der Waals surface area contributed by atoms with E-state index in [2.05, 4.69) is 46.2 Å². The van der Waals surface area contributed by atoms with Gasteiger partial charge < -0.3 is 10.2 Å². The van der Waals surface area contributed by atoms with E-state index in [1.165, 1.54) is 5.56 Å². The summed E-state index contributed by atoms with van der Waals surface area (Å²) < 4.78 is 1.67. The fourth-order valence-corrected chi connectivity index (χ4v) is 5.39. The number of hydrogen-bond donors (Lipinski definition) is 1. The Hall–Kier alpha value is -4.07. The van der Waals surface area contributed by atoms with Crippen molar-refractivity contribution in [2.45, 2.75) is 40.7 Å². The van der Waals surface area contributed by atoms with Crippen molar-refractivity contribution in [1.82, 2.24) is 24.4 Å². The maximum Gasteiger partial charge on any atom is 0.260 e. The Labute approximate surface area is 245 Å². The second-order valence-corrected chi connectivity index (χ2v) is 10.4. The summed E-state index contributed by atoms with van der Waals surface area (Å²) in [5.74, 6) is 0.442. The summed E-state index contributed by atoms with van der Waals surface area (Å²) >= 11 is 6.75. The van der Waals surface area contributed by atoms with Gasteiger partial charge in [0, 0.05) is 64.0 Å². The zero-order valence-corrected chi connectivity index (χ0v) is 24.7. The lowest BCUT2D eigenvalue weighted by molar-refractivity contribution is 0.308. The van der Waals surface area contributed by atoms with Gasteiger partial charge in [-0.2, -0.15) is 4.98 Å². The van der Waals surface area contributed by atoms with Crippen LogP contribution in [0.2, 0.25) is 5.02 Å². The Morgan fingerprint density at radius 2 is 1.71 bits per heavy atom. The van der Waals surface area contributed by atoms with Crippen molar-refractivity contribution >= 4 is 34.3 Å². The molecule has 210 valence electrons. The molecule has 8 heteroatoms. The molecule has 3 aromatic heterocycles. The van der Waals surface area contributed by atoms with Gasteiger partial charge in [-0.05, 0) is 74.8 Å². The molecule has 0 unspecified atom stereocenters. The van der Waals surface area contributed by atoms with Crippen molar-refractivity contribution in [2.75, 3.05) is 25.0 Å². The SMILES string of the molecule is CCN(CC)CCc1ccc(Nc2ncc3cc(-c4ccc(-c5cccnc5C)cc4Cl)c(=O)n(CC)c3n2)cc1. The average Bonchev–Trinajstić information content (AvgIpc) is 2.99. The molecule has 3 heterocycles. The molecule has 0 atom stereocenters. The molecule has 0 saturated carbocycles. The molecule has 0 aliphatic heterocycles. The molecule has 0 radical (unpaired) electrons. The third-order valence-electron chi connectivity index (χ3n) is 7.54. The summed E-state index contributed by atoms with van der Waals surface area (Å²) in [5.41, 5.74) is 6.69. The van der Waals surface area contributed by atoms with E-state index in [9.17, 15) is 4.79 Å². The van der Waals surface area contributed by atoms with Crippen molar-refractivity contribution in [2.24, 2.45) is 0 Å². The lowest BCUT2D eigenvalue weighted by Crippen LogP contribution is -2.25. The van der Waals surface area contributed by atoms with Gasteiger partial charge in [0.05, 0.1) is 0 Å². The first-order valence-electron chi connectivity index (χ1n) is 14.1. The monoisotopic (exact) mass is 566 g/mol. The highest BCUT2D eigenvalue weighted by Gasteiger charge is 2.16. The molecule has 0 fully saturated rings. The summed E-state index contributed by atoms with van der Waals surface area (Å²) in [6, 6.07) is 19.8. The van der Waals surface area contributed by atoms with Crippen LogP contribution in [0.25, 0.3) is 33.3 Å². The third-order valence-corrected chi connectivity index (χ3v) is 7.85. The molecule has 2 aromatic carbocycles. The quantitative estimate of drug-likeness (QED) is 0.194. The minimum Gasteiger partial charge on any atom is -0.324 e. The fraction of sp³-hybridized carbons (Fsp3) is 0.273. The van der Waals surface area contributed by atoms with Gasteiger partial charge in [0.2, 0.25) is 5.95 Å². The summed E-state index contributed by atoms with van der Waals surface area (Å²) in [7, 11) is 0. The number of anilines is 2. The van der Waals surface area contributed by atoms with Gasteiger partial charge in [-0.25, -0.2) is 4.98 Å². The molecule has 5 rings (SSSR count). The van der Waals surface area contributed by atoms with E-state index in [1.54, 1.807) is 17.0 Å². The fourth-order valence-electron chi connectivity index (χ4n) is 5.11. The summed E-state index contributed by atoms with van der Waals surface area (Å²) in [6.07, 6.45) is 4.53. The minimum absolute atomic E-state index is 0.144. The van der Waals surface area contributed by atoms with E-state index in [0.717, 1.165) is 53.9 Å². The van der Waals surface area contributed by atoms with Crippen LogP contribution in [-0.2, 0) is 13.0 Å². The normalized spacial score (nSPS) is 11.4. The van der Waals surface area contributed by atoms with Crippen LogP contribution in [0, 0.1) is 6.92 Å². The number of nitrogens with zero attached hydrogens (tertiary/aromatic N) is 5. The lowest BCUT2D eigenvalue weighted by Gasteiger charge is -2.17. The van der Waals surface area contributed by atoms with E-state index >= 15 is 0 Å². The number of pyridine rings is 2. The average molecular weight is 567 g/mol. The largest absolute Gasteiger partial charge is 0.324 e. The third kappa shape index (κ3) is 6.16. The Morgan fingerprint density at radius 1 is 0.927 bits per heavy atom. The van der Waals surface area contributed by atoms with Crippen LogP contribution in [0.5, 0.6) is 0 Å². The van der Waals surface area contributed by atoms with Crippen LogP contribution < -0.4 is 10.9 Å². The highest BCUT2D eigenvalue weighted by atomic mass is 35.5. The zero-order chi connectivity index (χ0) is 28.9. The van der Waals surface area contributed by atoms with Crippen molar-refractivity contribution in [3.05, 3.63) is 99.7 Å². The summed E-state index contributed by atoms with van der Waals surface area (Å²) in [5, 5.41) is 4.56. The zero-order valence-electron chi connectivity index (χ0n) is 24.0. The second-order valence-electron chi connectivity index (χ2n) is 10.0. The Morgan fingerprint density at radius 3 is 2.39 bits per heavy atom. The van der Waals surface area contributed by atoms with Gasteiger partial charge in [0.25, 0.3) is 5.56 Å². The number of aromatic nitrogens is 4. The van der Waals surface area contributed by atoms with E-state index in [0.29, 0.717) is 34.3 Å². The van der Waals surface area contributed by atoms with Crippen molar-refractivity contribution in [3.63, 3.8) is 0 Å². The first-order valence-corrected chi connectivity index (χ1v) is 14.5. The van der Waals surface area contributed by atoms with Gasteiger partial charge in [-0.15, -0.1) is 0 Å². The number of nitrogens with one attached hydrogen (secondary N) is 1. The number of fused-ring (bicyclic) bond motifs is 1. The minimum atomic E-state index is -0.144. The topological polar surface area (TPSA) is 75.9 Å². The van der Waals surface area contributed by atoms with Crippen LogP contribution in [-0.4, -0.2) is 44.1 Å². The molecule has 0 aliphatic carbocycles. The number of halogens is 1. The number of aryl methyl sites for hydroxylation is 2. The summed E-state index contributed by atoms with van der Waals surface area (Å²) in [4.78, 5) is 29.7. The van der Waals surface area contributed by atoms with Crippen LogP contribution in [0.1, 0.15) is 32.0 Å². The molecule has 5 aromatic rings. The predicted molar refractivity (Wildman–Crippen MR) is 169 cm³/mol. The van der Waals surface area contributed by atoms with Gasteiger partial charge in [-0.1, -0.05) is 55.8 Å². The van der Waals surface area contributed by atoms with Gasteiger partial charge >= 0.3 is 0 Å². The molecule has 1 N–H and O–H groups in total. The predicted octanol–water partition coefficient (Wildman–Crippen LogP) is 7.13. The first kappa shape index (κ1) is 28.5. The van der Waals surface area contributed by atoms with E-state index in [1.807, 2.05) is 62.4 Å². The van der Waals surface area contributed by atoms with Crippen LogP contribution >= 0.6 is 11.6 Å². The molecule has 0 amide bonds. The smallest absolute Gasteiger partial charge is 0.260 e. The highest BCUT2D eigenvalue weighted by Crippen LogP contribution is 2.33. The van der Waals surface area contributed by atoms with Gasteiger partial charge in [0.1, 0.15) is 5.65 Å². The maximum atomic E-state index is 13.6. The van der Waals surface area contributed by atoms with Crippen LogP contribution in [0.15, 0.2) is 77.9 Å². The van der Waals surface area contributed by atoms with Gasteiger partial charge in [-0.3, -0.25) is 14.3 Å². The summed E-state index contributed by atoms with van der Waals surface area (Å²) in [6.45, 7) is 11.9. The number of likely N-dealkylation sites (N-methyl/N-ethyl adjacent to an activating group) is 1. The number of benzene rings is 2. The Kier molecular flexibility index (Phi) is 8.76. The van der Waals surface area contributed by atoms with Crippen molar-refractivity contribution in [3.8, 4) is 22.3 Å². The highest BCUT2D eigenvalue weighted by molar-refractivity contribution is 6.33. The molecule has 0 saturated heterocycles. The molecular weight excluding hydrogens is 532 g/mol. The molecule has 0 aliphatic rings. The molecule has 0 bridgehead atoms. The van der Waals surface area contributed by atoms with Crippen molar-refractivity contribution < 1.29 is 0 Å². The maximum absolute atomic E-state index is 13.6. The lowest BCUT2D eigenvalue weighted by atomic mass is 9.99. The number of rotatable bonds is 10. The number of hydrogen-bond acceptors (Lipinski definition) is 6. The van der Waals surface area contributed by atoms with Crippen LogP contribution in [0.3, 0.4) is 0 Å².